The molecule has 2 aliphatic rings. The molecule has 0 saturated carbocycles. The first-order valence-electron chi connectivity index (χ1n) is 14.0. The van der Waals surface area contributed by atoms with Gasteiger partial charge >= 0.3 is 0 Å². The van der Waals surface area contributed by atoms with Crippen LogP contribution in [0, 0.1) is 0 Å². The summed E-state index contributed by atoms with van der Waals surface area (Å²) in [6, 6.07) is 13.8. The zero-order chi connectivity index (χ0) is 27.2. The van der Waals surface area contributed by atoms with Crippen LogP contribution >= 0.6 is 11.5 Å². The molecule has 3 heterocycles. The molecular formula is C30H37N5O3S. The van der Waals surface area contributed by atoms with E-state index in [1.165, 1.54) is 15.6 Å². The van der Waals surface area contributed by atoms with Crippen molar-refractivity contribution < 1.29 is 14.4 Å². The highest BCUT2D eigenvalue weighted by molar-refractivity contribution is 7.13. The van der Waals surface area contributed by atoms with Gasteiger partial charge in [0.2, 0.25) is 5.91 Å². The van der Waals surface area contributed by atoms with Crippen molar-refractivity contribution in [3.63, 3.8) is 0 Å². The minimum Gasteiger partial charge on any atom is -0.357 e. The lowest BCUT2D eigenvalue weighted by Gasteiger charge is -2.35. The van der Waals surface area contributed by atoms with Crippen LogP contribution in [0.2, 0.25) is 0 Å². The van der Waals surface area contributed by atoms with Gasteiger partial charge in [-0.25, -0.2) is 0 Å². The average Bonchev–Trinajstić information content (AvgIpc) is 3.55. The Hall–Kier alpha value is -3.30. The Morgan fingerprint density at radius 2 is 1.90 bits per heavy atom. The van der Waals surface area contributed by atoms with E-state index in [0.29, 0.717) is 18.5 Å². The number of benzene rings is 2. The number of hydrogen-bond acceptors (Lipinski definition) is 7. The van der Waals surface area contributed by atoms with Crippen molar-refractivity contribution in [1.82, 2.24) is 19.5 Å². The van der Waals surface area contributed by atoms with E-state index >= 15 is 0 Å². The molecule has 5 rings (SSSR count). The molecule has 2 aliphatic heterocycles. The number of rotatable bonds is 12. The molecule has 0 bridgehead atoms. The van der Waals surface area contributed by atoms with E-state index in [1.807, 2.05) is 12.1 Å². The van der Waals surface area contributed by atoms with Crippen molar-refractivity contribution >= 4 is 45.5 Å². The molecule has 3 aromatic rings. The number of carbonyl (C=O) groups is 3. The quantitative estimate of drug-likeness (QED) is 0.274. The Morgan fingerprint density at radius 1 is 1.08 bits per heavy atom. The van der Waals surface area contributed by atoms with E-state index in [2.05, 4.69) is 45.4 Å². The number of amides is 2. The third kappa shape index (κ3) is 5.99. The fourth-order valence-electron chi connectivity index (χ4n) is 5.84. The normalized spacial score (nSPS) is 16.5. The van der Waals surface area contributed by atoms with E-state index < -0.39 is 6.04 Å². The average molecular weight is 548 g/mol. The largest absolute Gasteiger partial charge is 0.357 e. The van der Waals surface area contributed by atoms with Gasteiger partial charge in [0.05, 0.1) is 4.70 Å². The number of unbranched alkanes of at least 4 members (excludes halogenated alkanes) is 2. The maximum absolute atomic E-state index is 13.1. The monoisotopic (exact) mass is 547 g/mol. The summed E-state index contributed by atoms with van der Waals surface area (Å²) in [6.45, 7) is 5.69. The van der Waals surface area contributed by atoms with Crippen LogP contribution in [0.15, 0.2) is 42.5 Å². The first-order chi connectivity index (χ1) is 19.1. The zero-order valence-corrected chi connectivity index (χ0v) is 23.4. The van der Waals surface area contributed by atoms with Crippen LogP contribution in [0.5, 0.6) is 0 Å². The first-order valence-corrected chi connectivity index (χ1v) is 14.8. The zero-order valence-electron chi connectivity index (χ0n) is 22.6. The molecule has 2 aromatic carbocycles. The van der Waals surface area contributed by atoms with Crippen molar-refractivity contribution in [1.29, 1.82) is 0 Å². The lowest BCUT2D eigenvalue weighted by atomic mass is 9.98. The molecule has 1 fully saturated rings. The number of nitrogens with zero attached hydrogens (tertiary/aromatic N) is 4. The SMILES string of the molecule is CNC(=O)C(CCC=O)N1Cc2c(CCCCCN3CCN(c4nsc5ccccc45)CC3)cccc2C1=O. The number of nitrogens with one attached hydrogen (secondary N) is 1. The molecule has 1 N–H and O–H groups in total. The molecule has 0 aliphatic carbocycles. The smallest absolute Gasteiger partial charge is 0.255 e. The van der Waals surface area contributed by atoms with Gasteiger partial charge in [-0.15, -0.1) is 0 Å². The molecule has 1 aromatic heterocycles. The third-order valence-electron chi connectivity index (χ3n) is 8.03. The minimum absolute atomic E-state index is 0.115. The van der Waals surface area contributed by atoms with Gasteiger partial charge < -0.3 is 19.9 Å². The van der Waals surface area contributed by atoms with E-state index in [1.54, 1.807) is 23.5 Å². The van der Waals surface area contributed by atoms with Gasteiger partial charge in [0.15, 0.2) is 0 Å². The number of carbonyl (C=O) groups excluding carboxylic acids is 3. The Balaban J connectivity index is 1.08. The predicted octanol–water partition coefficient (Wildman–Crippen LogP) is 3.88. The summed E-state index contributed by atoms with van der Waals surface area (Å²) in [5.41, 5.74) is 2.92. The summed E-state index contributed by atoms with van der Waals surface area (Å²) in [5.74, 6) is 0.796. The number of piperazine rings is 1. The molecule has 9 heteroatoms. The van der Waals surface area contributed by atoms with Gasteiger partial charge in [-0.1, -0.05) is 30.7 Å². The Morgan fingerprint density at radius 3 is 2.69 bits per heavy atom. The molecule has 206 valence electrons. The van der Waals surface area contributed by atoms with E-state index in [9.17, 15) is 14.4 Å². The Labute approximate surface area is 234 Å². The Bertz CT molecular complexity index is 1320. The maximum Gasteiger partial charge on any atom is 0.255 e. The van der Waals surface area contributed by atoms with Crippen molar-refractivity contribution in [2.75, 3.05) is 44.7 Å². The fourth-order valence-corrected chi connectivity index (χ4v) is 6.63. The van der Waals surface area contributed by atoms with Crippen molar-refractivity contribution in [3.8, 4) is 0 Å². The lowest BCUT2D eigenvalue weighted by Crippen LogP contribution is -2.46. The highest BCUT2D eigenvalue weighted by Gasteiger charge is 2.36. The summed E-state index contributed by atoms with van der Waals surface area (Å²) < 4.78 is 5.97. The minimum atomic E-state index is -0.623. The topological polar surface area (TPSA) is 85.8 Å². The summed E-state index contributed by atoms with van der Waals surface area (Å²) in [5, 5.41) is 3.91. The number of anilines is 1. The van der Waals surface area contributed by atoms with Gasteiger partial charge in [0.25, 0.3) is 5.91 Å². The number of aldehydes is 1. The summed E-state index contributed by atoms with van der Waals surface area (Å²) in [4.78, 5) is 43.1. The summed E-state index contributed by atoms with van der Waals surface area (Å²) in [7, 11) is 1.57. The third-order valence-corrected chi connectivity index (χ3v) is 8.84. The van der Waals surface area contributed by atoms with Crippen molar-refractivity contribution in [2.45, 2.75) is 51.1 Å². The molecular weight excluding hydrogens is 510 g/mol. The standard InChI is InChI=1S/C30H37N5O3S/c1-31-29(37)26(13-8-20-36)35-21-25-22(10-7-12-23(25)30(35)38)9-3-2-6-15-33-16-18-34(19-17-33)28-24-11-4-5-14-27(24)39-32-28/h4-5,7,10-12,14,20,26H,2-3,6,8-9,13,15-19,21H2,1H3,(H,31,37). The highest BCUT2D eigenvalue weighted by atomic mass is 32.1. The number of hydrogen-bond donors (Lipinski definition) is 1. The second-order valence-corrected chi connectivity index (χ2v) is 11.2. The molecule has 1 saturated heterocycles. The molecule has 39 heavy (non-hydrogen) atoms. The Kier molecular flexibility index (Phi) is 8.88. The summed E-state index contributed by atoms with van der Waals surface area (Å²) >= 11 is 1.58. The van der Waals surface area contributed by atoms with Gasteiger partial charge in [0.1, 0.15) is 18.1 Å². The second kappa shape index (κ2) is 12.7. The van der Waals surface area contributed by atoms with Gasteiger partial charge in [-0.05, 0) is 73.1 Å². The second-order valence-electron chi connectivity index (χ2n) is 10.4. The number of aromatic nitrogens is 1. The van der Waals surface area contributed by atoms with Crippen LogP contribution in [0.4, 0.5) is 5.82 Å². The van der Waals surface area contributed by atoms with Gasteiger partial charge in [0, 0.05) is 57.1 Å². The van der Waals surface area contributed by atoms with Crippen LogP contribution in [0.25, 0.3) is 10.1 Å². The number of fused-ring (bicyclic) bond motifs is 2. The van der Waals surface area contributed by atoms with Gasteiger partial charge in [-0.3, -0.25) is 14.5 Å². The number of likely N-dealkylation sites (N-methyl/N-ethyl adjacent to an activating group) is 1. The highest BCUT2D eigenvalue weighted by Crippen LogP contribution is 2.31. The molecule has 2 amide bonds. The van der Waals surface area contributed by atoms with Gasteiger partial charge in [-0.2, -0.15) is 4.37 Å². The van der Waals surface area contributed by atoms with Crippen molar-refractivity contribution in [2.24, 2.45) is 0 Å². The molecule has 1 atom stereocenters. The number of aryl methyl sites for hydroxylation is 1. The van der Waals surface area contributed by atoms with E-state index in [4.69, 9.17) is 4.37 Å². The van der Waals surface area contributed by atoms with Crippen LogP contribution < -0.4 is 10.2 Å². The predicted molar refractivity (Wildman–Crippen MR) is 155 cm³/mol. The molecule has 0 radical (unpaired) electrons. The fraction of sp³-hybridized carbons (Fsp3) is 0.467. The first kappa shape index (κ1) is 27.3. The maximum atomic E-state index is 13.1. The van der Waals surface area contributed by atoms with Crippen LogP contribution in [-0.2, 0) is 22.6 Å². The molecule has 0 spiro atoms. The van der Waals surface area contributed by atoms with Crippen molar-refractivity contribution in [3.05, 3.63) is 59.2 Å². The van der Waals surface area contributed by atoms with E-state index in [-0.39, 0.29) is 18.2 Å². The van der Waals surface area contributed by atoms with Crippen LogP contribution in [-0.4, -0.2) is 78.1 Å². The molecule has 1 unspecified atom stereocenters. The molecule has 8 nitrogen and oxygen atoms in total. The summed E-state index contributed by atoms with van der Waals surface area (Å²) in [6.07, 6.45) is 5.68. The van der Waals surface area contributed by atoms with Crippen LogP contribution in [0.3, 0.4) is 0 Å². The van der Waals surface area contributed by atoms with Crippen LogP contribution in [0.1, 0.15) is 53.6 Å². The lowest BCUT2D eigenvalue weighted by molar-refractivity contribution is -0.125. The van der Waals surface area contributed by atoms with E-state index in [0.717, 1.165) is 76.1 Å².